The summed E-state index contributed by atoms with van der Waals surface area (Å²) in [5.74, 6) is 1.75. The third kappa shape index (κ3) is 4.96. The number of ether oxygens (including phenoxy) is 1. The van der Waals surface area contributed by atoms with Crippen molar-refractivity contribution in [3.8, 4) is 22.8 Å². The van der Waals surface area contributed by atoms with Crippen LogP contribution >= 0.6 is 0 Å². The lowest BCUT2D eigenvalue weighted by Gasteiger charge is -2.32. The second-order valence-electron chi connectivity index (χ2n) is 8.81. The van der Waals surface area contributed by atoms with Gasteiger partial charge in [0.25, 0.3) is 0 Å². The van der Waals surface area contributed by atoms with Gasteiger partial charge in [0, 0.05) is 57.1 Å². The molecule has 0 spiro atoms. The van der Waals surface area contributed by atoms with Crippen LogP contribution in [-0.2, 0) is 16.1 Å². The van der Waals surface area contributed by atoms with Gasteiger partial charge in [-0.05, 0) is 24.6 Å². The number of piperidine rings is 1. The number of hydrogen-bond donors (Lipinski definition) is 1. The molecular weight excluding hydrogens is 460 g/mol. The van der Waals surface area contributed by atoms with E-state index in [-0.39, 0.29) is 17.7 Å². The molecule has 1 aliphatic rings. The van der Waals surface area contributed by atoms with Gasteiger partial charge in [0.05, 0.1) is 30.2 Å². The molecule has 5 heterocycles. The highest BCUT2D eigenvalue weighted by Crippen LogP contribution is 2.35. The SMILES string of the molecule is COCCn1ccc(Nc2nccc(-c3cccc(-c4cc(C5CCN(C)C(=O)[C@H]5C)on4)n3)n2)n1. The lowest BCUT2D eigenvalue weighted by molar-refractivity contribution is -0.137. The van der Waals surface area contributed by atoms with Gasteiger partial charge in [-0.15, -0.1) is 0 Å². The lowest BCUT2D eigenvalue weighted by atomic mass is 9.84. The van der Waals surface area contributed by atoms with Crippen LogP contribution in [0.15, 0.2) is 53.3 Å². The molecule has 4 aromatic rings. The quantitative estimate of drug-likeness (QED) is 0.397. The smallest absolute Gasteiger partial charge is 0.228 e. The molecule has 1 aliphatic heterocycles. The van der Waals surface area contributed by atoms with E-state index in [1.165, 1.54) is 0 Å². The minimum absolute atomic E-state index is 0.00611. The number of aromatic nitrogens is 6. The first kappa shape index (κ1) is 23.6. The number of pyridine rings is 1. The summed E-state index contributed by atoms with van der Waals surface area (Å²) in [5, 5.41) is 11.8. The summed E-state index contributed by atoms with van der Waals surface area (Å²) in [4.78, 5) is 27.8. The van der Waals surface area contributed by atoms with Crippen LogP contribution in [0.5, 0.6) is 0 Å². The first-order chi connectivity index (χ1) is 17.5. The summed E-state index contributed by atoms with van der Waals surface area (Å²) in [6.07, 6.45) is 4.38. The van der Waals surface area contributed by atoms with E-state index >= 15 is 0 Å². The van der Waals surface area contributed by atoms with E-state index in [1.807, 2.05) is 50.5 Å². The van der Waals surface area contributed by atoms with E-state index in [0.717, 1.165) is 6.42 Å². The topological polar surface area (TPSA) is 124 Å². The molecule has 0 bridgehead atoms. The molecule has 5 rings (SSSR count). The van der Waals surface area contributed by atoms with Gasteiger partial charge in [-0.1, -0.05) is 18.1 Å². The summed E-state index contributed by atoms with van der Waals surface area (Å²) in [6.45, 7) is 3.88. The second-order valence-corrected chi connectivity index (χ2v) is 8.81. The highest BCUT2D eigenvalue weighted by Gasteiger charge is 2.35. The van der Waals surface area contributed by atoms with Crippen LogP contribution in [0.25, 0.3) is 22.8 Å². The van der Waals surface area contributed by atoms with Gasteiger partial charge >= 0.3 is 0 Å². The maximum atomic E-state index is 12.4. The van der Waals surface area contributed by atoms with Crippen molar-refractivity contribution >= 4 is 17.7 Å². The summed E-state index contributed by atoms with van der Waals surface area (Å²) in [7, 11) is 3.49. The van der Waals surface area contributed by atoms with Crippen molar-refractivity contribution in [3.05, 3.63) is 54.6 Å². The van der Waals surface area contributed by atoms with Crippen molar-refractivity contribution in [2.45, 2.75) is 25.8 Å². The maximum absolute atomic E-state index is 12.4. The van der Waals surface area contributed by atoms with Crippen LogP contribution in [0.4, 0.5) is 11.8 Å². The van der Waals surface area contributed by atoms with E-state index in [9.17, 15) is 4.79 Å². The Morgan fingerprint density at radius 2 is 1.94 bits per heavy atom. The van der Waals surface area contributed by atoms with E-state index in [0.29, 0.717) is 60.0 Å². The van der Waals surface area contributed by atoms with E-state index in [4.69, 9.17) is 14.2 Å². The summed E-state index contributed by atoms with van der Waals surface area (Å²) in [6, 6.07) is 11.2. The molecule has 2 atom stereocenters. The molecule has 1 saturated heterocycles. The Morgan fingerprint density at radius 1 is 1.14 bits per heavy atom. The number of carbonyl (C=O) groups excluding carboxylic acids is 1. The van der Waals surface area contributed by atoms with Crippen LogP contribution in [0, 0.1) is 5.92 Å². The largest absolute Gasteiger partial charge is 0.383 e. The molecule has 0 saturated carbocycles. The van der Waals surface area contributed by atoms with Crippen LogP contribution in [0.2, 0.25) is 0 Å². The lowest BCUT2D eigenvalue weighted by Crippen LogP contribution is -2.40. The Balaban J connectivity index is 1.33. The minimum Gasteiger partial charge on any atom is -0.383 e. The van der Waals surface area contributed by atoms with Gasteiger partial charge in [-0.3, -0.25) is 9.48 Å². The average Bonchev–Trinajstić information content (AvgIpc) is 3.56. The Kier molecular flexibility index (Phi) is 6.72. The molecule has 0 aromatic carbocycles. The molecule has 186 valence electrons. The van der Waals surface area contributed by atoms with Crippen LogP contribution in [-0.4, -0.2) is 68.0 Å². The number of anilines is 2. The molecule has 11 nitrogen and oxygen atoms in total. The Labute approximate surface area is 208 Å². The molecule has 36 heavy (non-hydrogen) atoms. The van der Waals surface area contributed by atoms with Crippen molar-refractivity contribution in [1.82, 2.24) is 34.8 Å². The number of amides is 1. The zero-order valence-electron chi connectivity index (χ0n) is 20.5. The number of nitrogens with one attached hydrogen (secondary N) is 1. The summed E-state index contributed by atoms with van der Waals surface area (Å²) < 4.78 is 12.5. The Bertz CT molecular complexity index is 1350. The molecule has 4 aromatic heterocycles. The number of hydrogen-bond acceptors (Lipinski definition) is 9. The van der Waals surface area contributed by atoms with E-state index in [2.05, 4.69) is 25.5 Å². The zero-order chi connectivity index (χ0) is 25.1. The van der Waals surface area contributed by atoms with Gasteiger partial charge in [0.15, 0.2) is 5.82 Å². The fourth-order valence-electron chi connectivity index (χ4n) is 4.32. The molecule has 1 amide bonds. The predicted octanol–water partition coefficient (Wildman–Crippen LogP) is 3.36. The molecule has 1 fully saturated rings. The highest BCUT2D eigenvalue weighted by atomic mass is 16.5. The van der Waals surface area contributed by atoms with Gasteiger partial charge in [0.2, 0.25) is 11.9 Å². The molecule has 1 unspecified atom stereocenters. The van der Waals surface area contributed by atoms with Gasteiger partial charge < -0.3 is 19.5 Å². The normalized spacial score (nSPS) is 18.0. The fourth-order valence-corrected chi connectivity index (χ4v) is 4.32. The number of likely N-dealkylation sites (tertiary alicyclic amines) is 1. The van der Waals surface area contributed by atoms with Crippen LogP contribution in [0.1, 0.15) is 25.0 Å². The monoisotopic (exact) mass is 488 g/mol. The van der Waals surface area contributed by atoms with Crippen molar-refractivity contribution < 1.29 is 14.1 Å². The molecule has 0 aliphatic carbocycles. The van der Waals surface area contributed by atoms with Gasteiger partial charge in [-0.25, -0.2) is 15.0 Å². The Morgan fingerprint density at radius 3 is 2.78 bits per heavy atom. The highest BCUT2D eigenvalue weighted by molar-refractivity contribution is 5.80. The zero-order valence-corrected chi connectivity index (χ0v) is 20.5. The van der Waals surface area contributed by atoms with E-state index < -0.39 is 0 Å². The third-order valence-electron chi connectivity index (χ3n) is 6.37. The predicted molar refractivity (Wildman–Crippen MR) is 132 cm³/mol. The average molecular weight is 489 g/mol. The Hall–Kier alpha value is -4.12. The molecule has 1 N–H and O–H groups in total. The van der Waals surface area contributed by atoms with Crippen molar-refractivity contribution in [2.24, 2.45) is 5.92 Å². The van der Waals surface area contributed by atoms with Crippen LogP contribution < -0.4 is 5.32 Å². The van der Waals surface area contributed by atoms with Crippen molar-refractivity contribution in [2.75, 3.05) is 32.6 Å². The first-order valence-electron chi connectivity index (χ1n) is 11.8. The number of rotatable bonds is 8. The summed E-state index contributed by atoms with van der Waals surface area (Å²) in [5.41, 5.74) is 2.63. The number of methoxy groups -OCH3 is 1. The second kappa shape index (κ2) is 10.2. The maximum Gasteiger partial charge on any atom is 0.228 e. The molecular formula is C25H28N8O3. The number of nitrogens with zero attached hydrogens (tertiary/aromatic N) is 7. The van der Waals surface area contributed by atoms with Gasteiger partial charge in [-0.2, -0.15) is 5.10 Å². The van der Waals surface area contributed by atoms with Crippen LogP contribution in [0.3, 0.4) is 0 Å². The van der Waals surface area contributed by atoms with Gasteiger partial charge in [0.1, 0.15) is 11.5 Å². The number of carbonyl (C=O) groups is 1. The first-order valence-corrected chi connectivity index (χ1v) is 11.8. The fraction of sp³-hybridized carbons (Fsp3) is 0.360. The molecule has 11 heteroatoms. The third-order valence-corrected chi connectivity index (χ3v) is 6.37. The van der Waals surface area contributed by atoms with Crippen molar-refractivity contribution in [3.63, 3.8) is 0 Å². The van der Waals surface area contributed by atoms with Crippen molar-refractivity contribution in [1.29, 1.82) is 0 Å². The standard InChI is InChI=1S/C25H28N8O3/c1-16-17(8-11-32(2)24(16)34)22-15-21(31-36-22)19-6-4-5-18(27-19)20-7-10-26-25(28-20)29-23-9-12-33(30-23)13-14-35-3/h4-7,9-10,12,15-17H,8,11,13-14H2,1-3H3,(H,26,28,29,30)/t16-,17?/m0/s1. The minimum atomic E-state index is -0.151. The molecule has 0 radical (unpaired) electrons. The summed E-state index contributed by atoms with van der Waals surface area (Å²) >= 11 is 0. The van der Waals surface area contributed by atoms with E-state index in [1.54, 1.807) is 29.0 Å².